The Hall–Kier alpha value is -6.60. The maximum absolute atomic E-state index is 9.23. The van der Waals surface area contributed by atoms with Crippen LogP contribution in [0.5, 0.6) is 0 Å². The van der Waals surface area contributed by atoms with Gasteiger partial charge in [-0.2, -0.15) is 0 Å². The zero-order valence-corrected chi connectivity index (χ0v) is 40.9. The maximum atomic E-state index is 9.23. The first-order valence-corrected chi connectivity index (χ1v) is 25.1. The average molecular weight is 981 g/mol. The van der Waals surface area contributed by atoms with Gasteiger partial charge in [0.25, 0.3) is 0 Å². The standard InChI is InChI=1S/C56H68N8O8/c65-29-37-69-33-25-61-17-9-41(10-18-61)53-45-1-2-46(57-45)54(42-11-19-62(20-12-42)26-34-70-38-30-66)48-5-6-50(59-48)56(44-15-23-64(24-16-44)28-36-72-40-32-68)52-8-7-51(60-52)55(49-4-3-47(53)58-49)43-13-21-63(22-14-43)27-35-71-39-31-67/h1-17,19,21,23,57-60,65-68H,18,20,22,24-40H2. The third-order valence-electron chi connectivity index (χ3n) is 13.1. The quantitative estimate of drug-likeness (QED) is 0.0469. The molecule has 72 heavy (non-hydrogen) atoms. The SMILES string of the molecule is OCCOCCN1C=CC(C2=c3ccc([nH]3)=C(C3=CCN(CCOCCO)C=C3)c3ccc([nH]3)C(C3=CCN(CCOCCO)C=C3)=c3ccc([nH]3)=C(C3=CCN(CCOCCO)C=C3)c3ccc2[nH]3)=CC1. The predicted molar refractivity (Wildman–Crippen MR) is 279 cm³/mol. The van der Waals surface area contributed by atoms with Gasteiger partial charge in [-0.25, -0.2) is 0 Å². The van der Waals surface area contributed by atoms with Crippen molar-refractivity contribution in [2.75, 3.05) is 132 Å². The number of aromatic nitrogens is 4. The molecule has 0 fully saturated rings. The molecule has 5 aliphatic heterocycles. The van der Waals surface area contributed by atoms with Crippen LogP contribution in [-0.2, 0) is 18.9 Å². The Balaban J connectivity index is 1.19. The Morgan fingerprint density at radius 2 is 0.583 bits per heavy atom. The van der Waals surface area contributed by atoms with E-state index in [0.29, 0.717) is 105 Å². The van der Waals surface area contributed by atoms with Crippen LogP contribution in [-0.4, -0.2) is 192 Å². The van der Waals surface area contributed by atoms with Crippen LogP contribution in [0.1, 0.15) is 22.8 Å². The first-order chi connectivity index (χ1) is 35.5. The van der Waals surface area contributed by atoms with Crippen molar-refractivity contribution in [1.29, 1.82) is 0 Å². The van der Waals surface area contributed by atoms with Crippen LogP contribution in [0.15, 0.2) is 144 Å². The smallest absolute Gasteiger partial charge is 0.0698 e. The van der Waals surface area contributed by atoms with Crippen LogP contribution in [0.25, 0.3) is 22.3 Å². The summed E-state index contributed by atoms with van der Waals surface area (Å²) in [6.07, 6.45) is 26.2. The molecule has 16 nitrogen and oxygen atoms in total. The fraction of sp³-hybridized carbons (Fsp3) is 0.357. The van der Waals surface area contributed by atoms with Crippen LogP contribution >= 0.6 is 0 Å². The van der Waals surface area contributed by atoms with E-state index in [0.717, 1.165) is 88.8 Å². The van der Waals surface area contributed by atoms with E-state index in [-0.39, 0.29) is 26.4 Å². The predicted octanol–water partition coefficient (Wildman–Crippen LogP) is 1.17. The van der Waals surface area contributed by atoms with Gasteiger partial charge in [-0.15, -0.1) is 0 Å². The Morgan fingerprint density at radius 1 is 0.333 bits per heavy atom. The van der Waals surface area contributed by atoms with Gasteiger partial charge in [-0.05, 0) is 95.1 Å². The number of aliphatic hydroxyl groups excluding tert-OH is 4. The molecule has 8 bridgehead atoms. The fourth-order valence-electron chi connectivity index (χ4n) is 9.49. The highest BCUT2D eigenvalue weighted by Gasteiger charge is 2.22. The maximum Gasteiger partial charge on any atom is 0.0698 e. The highest BCUT2D eigenvalue weighted by molar-refractivity contribution is 5.87. The molecular formula is C56H68N8O8. The van der Waals surface area contributed by atoms with E-state index in [2.05, 4.69) is 161 Å². The summed E-state index contributed by atoms with van der Waals surface area (Å²) in [6, 6.07) is 17.4. The Labute approximate surface area is 419 Å². The number of nitrogens with zero attached hydrogens (tertiary/aromatic N) is 4. The molecule has 4 aromatic rings. The van der Waals surface area contributed by atoms with Gasteiger partial charge < -0.3 is 78.9 Å². The number of aromatic amines is 4. The molecule has 0 aromatic carbocycles. The monoisotopic (exact) mass is 981 g/mol. The van der Waals surface area contributed by atoms with Crippen LogP contribution in [0.3, 0.4) is 0 Å². The molecule has 9 heterocycles. The second-order valence-electron chi connectivity index (χ2n) is 17.9. The number of ether oxygens (including phenoxy) is 4. The van der Waals surface area contributed by atoms with Gasteiger partial charge in [0, 0.05) is 144 Å². The lowest BCUT2D eigenvalue weighted by Crippen LogP contribution is -2.26. The summed E-state index contributed by atoms with van der Waals surface area (Å²) in [5.41, 5.74) is 12.3. The second-order valence-corrected chi connectivity index (χ2v) is 17.9. The summed E-state index contributed by atoms with van der Waals surface area (Å²) in [5.74, 6) is 0. The molecule has 0 saturated heterocycles. The molecule has 0 saturated carbocycles. The highest BCUT2D eigenvalue weighted by atomic mass is 16.5. The number of hydrogen-bond acceptors (Lipinski definition) is 12. The van der Waals surface area contributed by atoms with Crippen molar-refractivity contribution in [3.05, 3.63) is 188 Å². The van der Waals surface area contributed by atoms with Gasteiger partial charge in [0.2, 0.25) is 0 Å². The van der Waals surface area contributed by atoms with Crippen molar-refractivity contribution in [3.63, 3.8) is 0 Å². The molecule has 8 N–H and O–H groups in total. The fourth-order valence-corrected chi connectivity index (χ4v) is 9.49. The molecule has 9 rings (SSSR count). The lowest BCUT2D eigenvalue weighted by atomic mass is 10.00. The van der Waals surface area contributed by atoms with E-state index in [1.807, 2.05) is 0 Å². The molecule has 0 atom stereocenters. The third-order valence-corrected chi connectivity index (χ3v) is 13.1. The van der Waals surface area contributed by atoms with Gasteiger partial charge in [0.05, 0.1) is 79.3 Å². The molecule has 5 aliphatic rings. The Bertz CT molecular complexity index is 2600. The number of aliphatic hydroxyl groups is 4. The average Bonchev–Trinajstić information content (AvgIpc) is 4.27. The lowest BCUT2D eigenvalue weighted by molar-refractivity contribution is 0.0827. The van der Waals surface area contributed by atoms with E-state index >= 15 is 0 Å². The minimum atomic E-state index is 0.00322. The van der Waals surface area contributed by atoms with Crippen molar-refractivity contribution in [3.8, 4) is 0 Å². The van der Waals surface area contributed by atoms with E-state index < -0.39 is 0 Å². The van der Waals surface area contributed by atoms with Crippen LogP contribution in [0.2, 0.25) is 0 Å². The van der Waals surface area contributed by atoms with Crippen molar-refractivity contribution in [2.45, 2.75) is 0 Å². The minimum absolute atomic E-state index is 0.00322. The van der Waals surface area contributed by atoms with Gasteiger partial charge in [-0.1, -0.05) is 24.3 Å². The molecular weight excluding hydrogens is 913 g/mol. The second kappa shape index (κ2) is 25.2. The molecule has 4 aromatic heterocycles. The third kappa shape index (κ3) is 12.3. The normalized spacial score (nSPS) is 16.8. The Morgan fingerprint density at radius 3 is 0.792 bits per heavy atom. The molecule has 0 unspecified atom stereocenters. The lowest BCUT2D eigenvalue weighted by Gasteiger charge is -2.24. The summed E-state index contributed by atoms with van der Waals surface area (Å²) in [6.45, 7) is 9.02. The topological polar surface area (TPSA) is 194 Å². The zero-order chi connectivity index (χ0) is 49.5. The van der Waals surface area contributed by atoms with E-state index in [1.165, 1.54) is 0 Å². The minimum Gasteiger partial charge on any atom is -0.394 e. The number of nitrogens with one attached hydrogen (secondary N) is 4. The molecule has 0 spiro atoms. The summed E-state index contributed by atoms with van der Waals surface area (Å²) >= 11 is 0. The number of allylic oxidation sites excluding steroid dienone is 8. The molecule has 0 radical (unpaired) electrons. The van der Waals surface area contributed by atoms with Gasteiger partial charge in [0.15, 0.2) is 0 Å². The first kappa shape index (κ1) is 50.3. The Kier molecular flexibility index (Phi) is 17.6. The number of H-pyrrole nitrogens is 4. The van der Waals surface area contributed by atoms with E-state index in [4.69, 9.17) is 18.9 Å². The first-order valence-electron chi connectivity index (χ1n) is 25.1. The summed E-state index contributed by atoms with van der Waals surface area (Å²) < 4.78 is 22.4. The number of fused-ring (bicyclic) bond motifs is 8. The molecule has 16 heteroatoms. The summed E-state index contributed by atoms with van der Waals surface area (Å²) in [4.78, 5) is 24.5. The van der Waals surface area contributed by atoms with Gasteiger partial charge >= 0.3 is 0 Å². The van der Waals surface area contributed by atoms with Crippen molar-refractivity contribution < 1.29 is 39.4 Å². The van der Waals surface area contributed by atoms with Gasteiger partial charge in [0.1, 0.15) is 0 Å². The molecule has 0 aliphatic carbocycles. The molecule has 0 amide bonds. The van der Waals surface area contributed by atoms with Crippen molar-refractivity contribution >= 4 is 22.3 Å². The van der Waals surface area contributed by atoms with Crippen LogP contribution in [0.4, 0.5) is 0 Å². The summed E-state index contributed by atoms with van der Waals surface area (Å²) in [7, 11) is 0. The summed E-state index contributed by atoms with van der Waals surface area (Å²) in [5, 5.41) is 40.8. The highest BCUT2D eigenvalue weighted by Crippen LogP contribution is 2.31. The largest absolute Gasteiger partial charge is 0.394 e. The molecule has 380 valence electrons. The van der Waals surface area contributed by atoms with E-state index in [9.17, 15) is 20.4 Å². The van der Waals surface area contributed by atoms with Crippen molar-refractivity contribution in [1.82, 2.24) is 39.5 Å². The van der Waals surface area contributed by atoms with Crippen molar-refractivity contribution in [2.24, 2.45) is 0 Å². The van der Waals surface area contributed by atoms with Crippen LogP contribution < -0.4 is 21.4 Å². The van der Waals surface area contributed by atoms with E-state index in [1.54, 1.807) is 0 Å². The number of hydrogen-bond donors (Lipinski definition) is 8. The van der Waals surface area contributed by atoms with Crippen LogP contribution in [0, 0.1) is 0 Å². The number of rotatable bonds is 24. The zero-order valence-electron chi connectivity index (χ0n) is 40.9. The van der Waals surface area contributed by atoms with Gasteiger partial charge in [-0.3, -0.25) is 0 Å².